The van der Waals surface area contributed by atoms with Gasteiger partial charge < -0.3 is 20.4 Å². The lowest BCUT2D eigenvalue weighted by atomic mass is 9.96. The molecule has 0 aromatic rings. The molecule has 2 fully saturated rings. The van der Waals surface area contributed by atoms with Crippen molar-refractivity contribution in [3.05, 3.63) is 0 Å². The first-order valence-electron chi connectivity index (χ1n) is 6.01. The molecule has 0 radical (unpaired) electrons. The van der Waals surface area contributed by atoms with Crippen LogP contribution >= 0.6 is 0 Å². The summed E-state index contributed by atoms with van der Waals surface area (Å²) < 4.78 is 0. The highest BCUT2D eigenvalue weighted by Crippen LogP contribution is 2.23. The third-order valence-corrected chi connectivity index (χ3v) is 3.54. The summed E-state index contributed by atoms with van der Waals surface area (Å²) in [5, 5.41) is 21.7. The van der Waals surface area contributed by atoms with Gasteiger partial charge in [-0.1, -0.05) is 0 Å². The van der Waals surface area contributed by atoms with Gasteiger partial charge in [-0.15, -0.1) is 0 Å². The Morgan fingerprint density at radius 1 is 1.24 bits per heavy atom. The second kappa shape index (κ2) is 5.01. The van der Waals surface area contributed by atoms with E-state index in [0.29, 0.717) is 0 Å². The van der Waals surface area contributed by atoms with E-state index in [4.69, 9.17) is 5.11 Å². The zero-order valence-corrected chi connectivity index (χ0v) is 9.63. The number of carboxylic acid groups (broad SMARTS) is 1. The first-order chi connectivity index (χ1) is 8.09. The van der Waals surface area contributed by atoms with Crippen molar-refractivity contribution >= 4 is 11.9 Å². The van der Waals surface area contributed by atoms with Crippen molar-refractivity contribution in [3.63, 3.8) is 0 Å². The Morgan fingerprint density at radius 3 is 2.47 bits per heavy atom. The summed E-state index contributed by atoms with van der Waals surface area (Å²) in [5.41, 5.74) is 0. The predicted molar refractivity (Wildman–Crippen MR) is 59.4 cm³/mol. The summed E-state index contributed by atoms with van der Waals surface area (Å²) in [6.45, 7) is 1.74. The van der Waals surface area contributed by atoms with Crippen molar-refractivity contribution in [3.8, 4) is 0 Å². The second-order valence-corrected chi connectivity index (χ2v) is 4.76. The number of amides is 1. The molecule has 2 atom stereocenters. The zero-order chi connectivity index (χ0) is 12.4. The molecule has 0 saturated carbocycles. The van der Waals surface area contributed by atoms with Crippen molar-refractivity contribution < 1.29 is 19.8 Å². The minimum Gasteiger partial charge on any atom is -0.480 e. The molecule has 6 nitrogen and oxygen atoms in total. The third-order valence-electron chi connectivity index (χ3n) is 3.54. The largest absolute Gasteiger partial charge is 0.480 e. The summed E-state index contributed by atoms with van der Waals surface area (Å²) in [6, 6.07) is -0.854. The summed E-state index contributed by atoms with van der Waals surface area (Å²) in [5.74, 6) is -1.23. The van der Waals surface area contributed by atoms with Crippen molar-refractivity contribution in [2.24, 2.45) is 5.92 Å². The fraction of sp³-hybridized carbons (Fsp3) is 0.818. The van der Waals surface area contributed by atoms with Gasteiger partial charge in [0.2, 0.25) is 5.91 Å². The number of rotatable bonds is 2. The van der Waals surface area contributed by atoms with Crippen LogP contribution in [0.5, 0.6) is 0 Å². The van der Waals surface area contributed by atoms with Crippen LogP contribution in [0.4, 0.5) is 0 Å². The van der Waals surface area contributed by atoms with Gasteiger partial charge in [-0.2, -0.15) is 0 Å². The van der Waals surface area contributed by atoms with E-state index in [1.54, 1.807) is 0 Å². The molecule has 3 N–H and O–H groups in total. The SMILES string of the molecule is O=C(O)[C@@H]1C[C@@H](O)CN1C(=O)C1CCNCC1. The van der Waals surface area contributed by atoms with E-state index in [1.165, 1.54) is 4.90 Å². The van der Waals surface area contributed by atoms with Crippen molar-refractivity contribution in [2.45, 2.75) is 31.4 Å². The van der Waals surface area contributed by atoms with E-state index in [1.807, 2.05) is 0 Å². The molecule has 1 amide bonds. The number of nitrogens with zero attached hydrogens (tertiary/aromatic N) is 1. The lowest BCUT2D eigenvalue weighted by molar-refractivity contribution is -0.150. The minimum absolute atomic E-state index is 0.0941. The van der Waals surface area contributed by atoms with Crippen LogP contribution in [0.3, 0.4) is 0 Å². The molecule has 2 aliphatic rings. The van der Waals surface area contributed by atoms with E-state index >= 15 is 0 Å². The van der Waals surface area contributed by atoms with Crippen LogP contribution in [0.1, 0.15) is 19.3 Å². The molecule has 2 saturated heterocycles. The fourth-order valence-corrected chi connectivity index (χ4v) is 2.59. The average Bonchev–Trinajstić information content (AvgIpc) is 2.72. The maximum absolute atomic E-state index is 12.2. The zero-order valence-electron chi connectivity index (χ0n) is 9.63. The van der Waals surface area contributed by atoms with Gasteiger partial charge in [-0.25, -0.2) is 4.79 Å². The number of nitrogens with one attached hydrogen (secondary N) is 1. The van der Waals surface area contributed by atoms with Gasteiger partial charge in [0, 0.05) is 18.9 Å². The van der Waals surface area contributed by atoms with E-state index in [9.17, 15) is 14.7 Å². The van der Waals surface area contributed by atoms with Gasteiger partial charge in [0.05, 0.1) is 6.10 Å². The van der Waals surface area contributed by atoms with E-state index in [2.05, 4.69) is 5.32 Å². The lowest BCUT2D eigenvalue weighted by Crippen LogP contribution is -2.46. The van der Waals surface area contributed by atoms with Crippen LogP contribution in [0.2, 0.25) is 0 Å². The maximum atomic E-state index is 12.2. The van der Waals surface area contributed by atoms with Crippen LogP contribution in [0, 0.1) is 5.92 Å². The molecule has 2 heterocycles. The number of piperidine rings is 1. The van der Waals surface area contributed by atoms with E-state index < -0.39 is 18.1 Å². The van der Waals surface area contributed by atoms with Gasteiger partial charge in [0.15, 0.2) is 0 Å². The van der Waals surface area contributed by atoms with Gasteiger partial charge in [0.25, 0.3) is 0 Å². The summed E-state index contributed by atoms with van der Waals surface area (Å²) in [4.78, 5) is 24.5. The highest BCUT2D eigenvalue weighted by atomic mass is 16.4. The van der Waals surface area contributed by atoms with Gasteiger partial charge in [-0.3, -0.25) is 4.79 Å². The molecule has 6 heteroatoms. The van der Waals surface area contributed by atoms with Crippen molar-refractivity contribution in [1.82, 2.24) is 10.2 Å². The van der Waals surface area contributed by atoms with Crippen LogP contribution in [-0.4, -0.2) is 58.8 Å². The molecule has 0 bridgehead atoms. The topological polar surface area (TPSA) is 89.9 Å². The summed E-state index contributed by atoms with van der Waals surface area (Å²) >= 11 is 0. The van der Waals surface area contributed by atoms with Gasteiger partial charge >= 0.3 is 5.97 Å². The van der Waals surface area contributed by atoms with Crippen LogP contribution < -0.4 is 5.32 Å². The highest BCUT2D eigenvalue weighted by molar-refractivity contribution is 5.86. The number of aliphatic hydroxyl groups excluding tert-OH is 1. The third kappa shape index (κ3) is 2.58. The Labute approximate surface area is 99.6 Å². The molecule has 2 rings (SSSR count). The number of carboxylic acids is 1. The predicted octanol–water partition coefficient (Wildman–Crippen LogP) is -0.968. The van der Waals surface area contributed by atoms with E-state index in [-0.39, 0.29) is 24.8 Å². The Hall–Kier alpha value is -1.14. The molecule has 0 unspecified atom stereocenters. The number of carbonyl (C=O) groups is 2. The monoisotopic (exact) mass is 242 g/mol. The molecular weight excluding hydrogens is 224 g/mol. The normalized spacial score (nSPS) is 30.5. The quantitative estimate of drug-likeness (QED) is 0.580. The fourth-order valence-electron chi connectivity index (χ4n) is 2.59. The lowest BCUT2D eigenvalue weighted by Gasteiger charge is -2.29. The van der Waals surface area contributed by atoms with E-state index in [0.717, 1.165) is 25.9 Å². The molecule has 17 heavy (non-hydrogen) atoms. The number of aliphatic hydroxyl groups is 1. The van der Waals surface area contributed by atoms with Crippen molar-refractivity contribution in [1.29, 1.82) is 0 Å². The smallest absolute Gasteiger partial charge is 0.326 e. The first-order valence-corrected chi connectivity index (χ1v) is 6.01. The van der Waals surface area contributed by atoms with Crippen LogP contribution in [0.15, 0.2) is 0 Å². The molecule has 0 spiro atoms. The number of β-amino-alcohol motifs (C(OH)–C–C–N with tert-alkyl or cyclic N) is 1. The average molecular weight is 242 g/mol. The standard InChI is InChI=1S/C11H18N2O4/c14-8-5-9(11(16)17)13(6-8)10(15)7-1-3-12-4-2-7/h7-9,12,14H,1-6H2,(H,16,17)/t8-,9+/m1/s1. The van der Waals surface area contributed by atoms with Crippen LogP contribution in [-0.2, 0) is 9.59 Å². The molecule has 0 aromatic carbocycles. The minimum atomic E-state index is -1.02. The molecule has 96 valence electrons. The molecular formula is C11H18N2O4. The van der Waals surface area contributed by atoms with Gasteiger partial charge in [0.1, 0.15) is 6.04 Å². The number of hydrogen-bond acceptors (Lipinski definition) is 4. The number of aliphatic carboxylic acids is 1. The Kier molecular flexibility index (Phi) is 3.63. The van der Waals surface area contributed by atoms with Crippen molar-refractivity contribution in [2.75, 3.05) is 19.6 Å². The number of likely N-dealkylation sites (tertiary alicyclic amines) is 1. The first kappa shape index (κ1) is 12.3. The van der Waals surface area contributed by atoms with Gasteiger partial charge in [-0.05, 0) is 25.9 Å². The second-order valence-electron chi connectivity index (χ2n) is 4.76. The molecule has 0 aromatic heterocycles. The number of hydrogen-bond donors (Lipinski definition) is 3. The Balaban J connectivity index is 2.04. The molecule has 2 aliphatic heterocycles. The number of carbonyl (C=O) groups excluding carboxylic acids is 1. The highest BCUT2D eigenvalue weighted by Gasteiger charge is 2.41. The molecule has 0 aliphatic carbocycles. The Bertz CT molecular complexity index is 315. The summed E-state index contributed by atoms with van der Waals surface area (Å²) in [7, 11) is 0. The summed E-state index contributed by atoms with van der Waals surface area (Å²) in [6.07, 6.45) is 0.934. The van der Waals surface area contributed by atoms with Crippen LogP contribution in [0.25, 0.3) is 0 Å². The Morgan fingerprint density at radius 2 is 1.88 bits per heavy atom. The maximum Gasteiger partial charge on any atom is 0.326 e.